The summed E-state index contributed by atoms with van der Waals surface area (Å²) in [6.07, 6.45) is 1.75. The van der Waals surface area contributed by atoms with E-state index < -0.39 is 0 Å². The lowest BCUT2D eigenvalue weighted by Gasteiger charge is -1.96. The van der Waals surface area contributed by atoms with Crippen LogP contribution >= 0.6 is 15.9 Å². The van der Waals surface area contributed by atoms with E-state index >= 15 is 0 Å². The van der Waals surface area contributed by atoms with E-state index in [1.54, 1.807) is 18.2 Å². The quantitative estimate of drug-likeness (QED) is 0.735. The largest absolute Gasteiger partial charge is 0.508 e. The normalized spacial score (nSPS) is 14.4. The molecule has 0 atom stereocenters. The third-order valence-electron chi connectivity index (χ3n) is 1.78. The van der Waals surface area contributed by atoms with Gasteiger partial charge in [0.2, 0.25) is 5.78 Å². The van der Waals surface area contributed by atoms with Crippen LogP contribution in [0.25, 0.3) is 6.08 Å². The first-order valence-electron chi connectivity index (χ1n) is 3.43. The van der Waals surface area contributed by atoms with Crippen LogP contribution in [0.1, 0.15) is 15.9 Å². The van der Waals surface area contributed by atoms with Crippen molar-refractivity contribution in [3.8, 4) is 5.75 Å². The Morgan fingerprint density at radius 1 is 1.33 bits per heavy atom. The SMILES string of the molecule is O=C1C(Br)=Cc2ccc(O)cc21. The van der Waals surface area contributed by atoms with Crippen molar-refractivity contribution in [1.82, 2.24) is 0 Å². The molecule has 3 heteroatoms. The molecule has 0 aliphatic heterocycles. The number of rotatable bonds is 0. The van der Waals surface area contributed by atoms with E-state index in [-0.39, 0.29) is 11.5 Å². The molecule has 0 radical (unpaired) electrons. The zero-order valence-corrected chi connectivity index (χ0v) is 7.63. The summed E-state index contributed by atoms with van der Waals surface area (Å²) >= 11 is 3.14. The van der Waals surface area contributed by atoms with Crippen LogP contribution in [0.5, 0.6) is 5.75 Å². The van der Waals surface area contributed by atoms with Gasteiger partial charge in [0.15, 0.2) is 0 Å². The van der Waals surface area contributed by atoms with Crippen LogP contribution in [0.3, 0.4) is 0 Å². The van der Waals surface area contributed by atoms with Crippen LogP contribution in [0.2, 0.25) is 0 Å². The van der Waals surface area contributed by atoms with Crippen molar-refractivity contribution in [2.75, 3.05) is 0 Å². The van der Waals surface area contributed by atoms with E-state index in [0.29, 0.717) is 10.0 Å². The topological polar surface area (TPSA) is 37.3 Å². The summed E-state index contributed by atoms with van der Waals surface area (Å²) in [6.45, 7) is 0. The Hall–Kier alpha value is -1.09. The first-order valence-corrected chi connectivity index (χ1v) is 4.23. The number of fused-ring (bicyclic) bond motifs is 1. The number of phenols is 1. The molecule has 2 rings (SSSR count). The second kappa shape index (κ2) is 2.45. The van der Waals surface area contributed by atoms with Crippen LogP contribution in [0, 0.1) is 0 Å². The molecule has 0 saturated heterocycles. The van der Waals surface area contributed by atoms with E-state index in [4.69, 9.17) is 5.11 Å². The zero-order chi connectivity index (χ0) is 8.72. The average Bonchev–Trinajstić information content (AvgIpc) is 2.31. The summed E-state index contributed by atoms with van der Waals surface area (Å²) in [7, 11) is 0. The predicted octanol–water partition coefficient (Wildman–Crippen LogP) is 2.32. The molecule has 0 fully saturated rings. The first-order chi connectivity index (χ1) is 5.68. The van der Waals surface area contributed by atoms with Crippen LogP contribution in [0.4, 0.5) is 0 Å². The summed E-state index contributed by atoms with van der Waals surface area (Å²) in [5, 5.41) is 9.11. The molecule has 1 aromatic rings. The number of aromatic hydroxyl groups is 1. The molecule has 60 valence electrons. The summed E-state index contributed by atoms with van der Waals surface area (Å²) in [5.74, 6) is 0.0543. The van der Waals surface area contributed by atoms with Crippen LogP contribution < -0.4 is 0 Å². The highest BCUT2D eigenvalue weighted by atomic mass is 79.9. The molecule has 0 bridgehead atoms. The predicted molar refractivity (Wildman–Crippen MR) is 49.3 cm³/mol. The van der Waals surface area contributed by atoms with E-state index in [9.17, 15) is 4.79 Å². The van der Waals surface area contributed by atoms with Gasteiger partial charge in [0, 0.05) is 5.56 Å². The van der Waals surface area contributed by atoms with Gasteiger partial charge in [-0.1, -0.05) is 6.07 Å². The highest BCUT2D eigenvalue weighted by molar-refractivity contribution is 9.12. The molecule has 1 aromatic carbocycles. The number of carbonyl (C=O) groups is 1. The minimum Gasteiger partial charge on any atom is -0.508 e. The molecule has 0 spiro atoms. The van der Waals surface area contributed by atoms with Crippen molar-refractivity contribution in [3.63, 3.8) is 0 Å². The number of halogens is 1. The highest BCUT2D eigenvalue weighted by Crippen LogP contribution is 2.30. The molecule has 0 unspecified atom stereocenters. The molecule has 0 saturated carbocycles. The van der Waals surface area contributed by atoms with Crippen molar-refractivity contribution in [1.29, 1.82) is 0 Å². The van der Waals surface area contributed by atoms with Crippen LogP contribution in [-0.4, -0.2) is 10.9 Å². The van der Waals surface area contributed by atoms with E-state index in [1.165, 1.54) is 6.07 Å². The Balaban J connectivity index is 2.65. The third kappa shape index (κ3) is 0.975. The van der Waals surface area contributed by atoms with Gasteiger partial charge in [0.25, 0.3) is 0 Å². The number of ketones is 1. The molecule has 1 N–H and O–H groups in total. The average molecular weight is 225 g/mol. The minimum atomic E-state index is -0.0686. The number of Topliss-reactive ketones (excluding diaryl/α,β-unsaturated/α-hetero) is 1. The van der Waals surface area contributed by atoms with Crippen LogP contribution in [-0.2, 0) is 0 Å². The summed E-state index contributed by atoms with van der Waals surface area (Å²) in [4.78, 5) is 11.3. The van der Waals surface area contributed by atoms with Crippen molar-refractivity contribution < 1.29 is 9.90 Å². The monoisotopic (exact) mass is 224 g/mol. The highest BCUT2D eigenvalue weighted by Gasteiger charge is 2.20. The molecule has 0 aromatic heterocycles. The standard InChI is InChI=1S/C9H5BrO2/c10-8-3-5-1-2-6(11)4-7(5)9(8)12/h1-4,11H. The number of carbonyl (C=O) groups excluding carboxylic acids is 1. The van der Waals surface area contributed by atoms with Gasteiger partial charge < -0.3 is 5.11 Å². The molecular formula is C9H5BrO2. The molecule has 1 aliphatic rings. The Kier molecular flexibility index (Phi) is 1.54. The van der Waals surface area contributed by atoms with Gasteiger partial charge in [-0.3, -0.25) is 4.79 Å². The van der Waals surface area contributed by atoms with E-state index in [1.807, 2.05) is 0 Å². The lowest BCUT2D eigenvalue weighted by Crippen LogP contribution is -1.93. The lowest BCUT2D eigenvalue weighted by atomic mass is 10.1. The molecule has 0 heterocycles. The number of allylic oxidation sites excluding steroid dienone is 1. The summed E-state index contributed by atoms with van der Waals surface area (Å²) < 4.78 is 0.545. The Morgan fingerprint density at radius 3 is 2.83 bits per heavy atom. The maximum atomic E-state index is 11.3. The second-order valence-electron chi connectivity index (χ2n) is 2.59. The summed E-state index contributed by atoms with van der Waals surface area (Å²) in [5.41, 5.74) is 1.41. The van der Waals surface area contributed by atoms with Crippen LogP contribution in [0.15, 0.2) is 22.7 Å². The zero-order valence-electron chi connectivity index (χ0n) is 6.04. The van der Waals surface area contributed by atoms with E-state index in [0.717, 1.165) is 5.56 Å². The Morgan fingerprint density at radius 2 is 2.08 bits per heavy atom. The van der Waals surface area contributed by atoms with Crippen molar-refractivity contribution in [2.24, 2.45) is 0 Å². The van der Waals surface area contributed by atoms with E-state index in [2.05, 4.69) is 15.9 Å². The fourth-order valence-electron chi connectivity index (χ4n) is 1.20. The van der Waals surface area contributed by atoms with Gasteiger partial charge in [0.05, 0.1) is 4.48 Å². The van der Waals surface area contributed by atoms with Gasteiger partial charge in [0.1, 0.15) is 5.75 Å². The molecule has 12 heavy (non-hydrogen) atoms. The first kappa shape index (κ1) is 7.55. The maximum Gasteiger partial charge on any atom is 0.200 e. The summed E-state index contributed by atoms with van der Waals surface area (Å²) in [6, 6.07) is 4.76. The Labute approximate surface area is 77.7 Å². The van der Waals surface area contributed by atoms with Gasteiger partial charge in [-0.05, 0) is 39.7 Å². The number of benzene rings is 1. The smallest absolute Gasteiger partial charge is 0.200 e. The molecule has 1 aliphatic carbocycles. The molecule has 2 nitrogen and oxygen atoms in total. The van der Waals surface area contributed by atoms with Gasteiger partial charge in [-0.15, -0.1) is 0 Å². The molecule has 0 amide bonds. The number of phenolic OH excluding ortho intramolecular Hbond substituents is 1. The number of hydrogen-bond acceptors (Lipinski definition) is 2. The van der Waals surface area contributed by atoms with Crippen molar-refractivity contribution in [3.05, 3.63) is 33.8 Å². The van der Waals surface area contributed by atoms with Gasteiger partial charge in [-0.25, -0.2) is 0 Å². The van der Waals surface area contributed by atoms with Gasteiger partial charge >= 0.3 is 0 Å². The van der Waals surface area contributed by atoms with Gasteiger partial charge in [-0.2, -0.15) is 0 Å². The lowest BCUT2D eigenvalue weighted by molar-refractivity contribution is 0.104. The third-order valence-corrected chi connectivity index (χ3v) is 2.37. The van der Waals surface area contributed by atoms with Crippen molar-refractivity contribution >= 4 is 27.8 Å². The number of hydrogen-bond donors (Lipinski definition) is 1. The minimum absolute atomic E-state index is 0.0686. The Bertz CT molecular complexity index is 394. The maximum absolute atomic E-state index is 11.3. The second-order valence-corrected chi connectivity index (χ2v) is 3.45. The fraction of sp³-hybridized carbons (Fsp3) is 0. The fourth-order valence-corrected chi connectivity index (χ4v) is 1.66. The molecular weight excluding hydrogens is 220 g/mol. The van der Waals surface area contributed by atoms with Crippen molar-refractivity contribution in [2.45, 2.75) is 0 Å².